The topological polar surface area (TPSA) is 97.2 Å². The summed E-state index contributed by atoms with van der Waals surface area (Å²) in [5.41, 5.74) is 3.03. The van der Waals surface area contributed by atoms with Crippen LogP contribution in [-0.4, -0.2) is 26.5 Å². The summed E-state index contributed by atoms with van der Waals surface area (Å²) in [6.07, 6.45) is 3.85. The van der Waals surface area contributed by atoms with E-state index in [2.05, 4.69) is 15.4 Å². The Bertz CT molecular complexity index is 1410. The number of benzene rings is 2. The lowest BCUT2D eigenvalue weighted by atomic mass is 10.2. The quantitative estimate of drug-likeness (QED) is 0.471. The highest BCUT2D eigenvalue weighted by molar-refractivity contribution is 7.14. The van der Waals surface area contributed by atoms with Gasteiger partial charge >= 0.3 is 0 Å². The molecule has 0 aliphatic heterocycles. The molecular formula is C22H16FN5O3S. The molecule has 2 aromatic carbocycles. The van der Waals surface area contributed by atoms with Crippen LogP contribution in [-0.2, 0) is 9.59 Å². The van der Waals surface area contributed by atoms with Gasteiger partial charge in [0.1, 0.15) is 12.1 Å². The van der Waals surface area contributed by atoms with Gasteiger partial charge in [-0.15, -0.1) is 11.3 Å². The van der Waals surface area contributed by atoms with E-state index in [1.54, 1.807) is 35.7 Å². The highest BCUT2D eigenvalue weighted by Crippen LogP contribution is 2.30. The van der Waals surface area contributed by atoms with Crippen LogP contribution in [0.4, 0.5) is 15.2 Å². The van der Waals surface area contributed by atoms with Crippen LogP contribution in [0.1, 0.15) is 12.6 Å². The van der Waals surface area contributed by atoms with Crippen molar-refractivity contribution in [3.05, 3.63) is 88.2 Å². The van der Waals surface area contributed by atoms with Gasteiger partial charge in [0, 0.05) is 18.4 Å². The first-order valence-corrected chi connectivity index (χ1v) is 10.3. The second kappa shape index (κ2) is 8.90. The highest BCUT2D eigenvalue weighted by Gasteiger charge is 2.20. The summed E-state index contributed by atoms with van der Waals surface area (Å²) in [6.45, 7) is 1.31. The first kappa shape index (κ1) is 21.1. The summed E-state index contributed by atoms with van der Waals surface area (Å²) >= 11 is 1.13. The van der Waals surface area contributed by atoms with Crippen LogP contribution in [0.25, 0.3) is 17.0 Å². The van der Waals surface area contributed by atoms with Crippen molar-refractivity contribution in [2.75, 3.05) is 10.3 Å². The minimum absolute atomic E-state index is 0.0887. The second-order valence-electron chi connectivity index (χ2n) is 6.61. The van der Waals surface area contributed by atoms with Crippen molar-refractivity contribution < 1.29 is 14.0 Å². The van der Waals surface area contributed by atoms with Crippen molar-refractivity contribution in [2.24, 2.45) is 0 Å². The molecule has 2 amide bonds. The molecule has 160 valence electrons. The van der Waals surface area contributed by atoms with Gasteiger partial charge in [0.05, 0.1) is 22.3 Å². The molecule has 4 aromatic rings. The Balaban J connectivity index is 1.52. The normalized spacial score (nSPS) is 11.1. The average molecular weight is 449 g/mol. The van der Waals surface area contributed by atoms with Crippen LogP contribution < -0.4 is 15.9 Å². The zero-order valence-electron chi connectivity index (χ0n) is 16.7. The maximum atomic E-state index is 14.2. The van der Waals surface area contributed by atoms with Gasteiger partial charge in [0.2, 0.25) is 5.91 Å². The molecule has 2 heterocycles. The summed E-state index contributed by atoms with van der Waals surface area (Å²) in [7, 11) is 0. The molecule has 0 aliphatic rings. The number of rotatable bonds is 5. The fraction of sp³-hybridized carbons (Fsp3) is 0.0455. The molecule has 1 N–H and O–H groups in total. The molecule has 0 bridgehead atoms. The van der Waals surface area contributed by atoms with Gasteiger partial charge < -0.3 is 0 Å². The number of para-hydroxylation sites is 2. The number of anilines is 2. The van der Waals surface area contributed by atoms with Gasteiger partial charge in [-0.2, -0.15) is 0 Å². The van der Waals surface area contributed by atoms with E-state index in [4.69, 9.17) is 0 Å². The molecule has 0 spiro atoms. The van der Waals surface area contributed by atoms with Crippen molar-refractivity contribution in [3.8, 4) is 0 Å². The third kappa shape index (κ3) is 4.30. The average Bonchev–Trinajstić information content (AvgIpc) is 3.24. The van der Waals surface area contributed by atoms with E-state index in [0.29, 0.717) is 16.6 Å². The molecule has 0 radical (unpaired) electrons. The van der Waals surface area contributed by atoms with Crippen molar-refractivity contribution in [3.63, 3.8) is 0 Å². The predicted molar refractivity (Wildman–Crippen MR) is 121 cm³/mol. The maximum Gasteiger partial charge on any atom is 0.280 e. The number of amides is 2. The lowest BCUT2D eigenvalue weighted by molar-refractivity contribution is -0.116. The Morgan fingerprint density at radius 1 is 1.16 bits per heavy atom. The number of carbonyl (C=O) groups is 2. The number of fused-ring (bicyclic) bond motifs is 1. The zero-order valence-corrected chi connectivity index (χ0v) is 17.5. The van der Waals surface area contributed by atoms with E-state index < -0.39 is 23.2 Å². The Labute approximate surface area is 185 Å². The molecule has 0 aliphatic carbocycles. The van der Waals surface area contributed by atoms with E-state index in [9.17, 15) is 18.8 Å². The van der Waals surface area contributed by atoms with Crippen molar-refractivity contribution >= 4 is 50.9 Å². The molecule has 8 nitrogen and oxygen atoms in total. The molecule has 0 fully saturated rings. The minimum Gasteiger partial charge on any atom is -0.274 e. The number of aromatic nitrogens is 3. The summed E-state index contributed by atoms with van der Waals surface area (Å²) in [5.74, 6) is -1.53. The summed E-state index contributed by atoms with van der Waals surface area (Å²) < 4.78 is 15.2. The van der Waals surface area contributed by atoms with Crippen molar-refractivity contribution in [1.82, 2.24) is 14.6 Å². The van der Waals surface area contributed by atoms with Gasteiger partial charge in [-0.05, 0) is 30.3 Å². The molecule has 0 atom stereocenters. The number of nitrogens with zero attached hydrogens (tertiary/aromatic N) is 4. The first-order chi connectivity index (χ1) is 15.4. The molecule has 0 saturated carbocycles. The van der Waals surface area contributed by atoms with E-state index >= 15 is 0 Å². The highest BCUT2D eigenvalue weighted by atomic mass is 32.1. The smallest absolute Gasteiger partial charge is 0.274 e. The molecule has 32 heavy (non-hydrogen) atoms. The van der Waals surface area contributed by atoms with Crippen LogP contribution in [0, 0.1) is 5.82 Å². The van der Waals surface area contributed by atoms with E-state index in [0.717, 1.165) is 20.9 Å². The number of halogens is 1. The SMILES string of the molecule is CC(=O)N(c1nc(/C=C/C(=O)Nn2cnc3ccccc3c2=O)cs1)c1ccccc1F. The molecule has 4 rings (SSSR count). The van der Waals surface area contributed by atoms with Crippen molar-refractivity contribution in [1.29, 1.82) is 0 Å². The van der Waals surface area contributed by atoms with E-state index in [1.807, 2.05) is 0 Å². The van der Waals surface area contributed by atoms with Gasteiger partial charge in [-0.1, -0.05) is 24.3 Å². The lowest BCUT2D eigenvalue weighted by Crippen LogP contribution is -2.32. The van der Waals surface area contributed by atoms with Crippen LogP contribution in [0.5, 0.6) is 0 Å². The fourth-order valence-electron chi connectivity index (χ4n) is 2.96. The van der Waals surface area contributed by atoms with Gasteiger partial charge in [0.25, 0.3) is 11.5 Å². The third-order valence-corrected chi connectivity index (χ3v) is 5.26. The molecule has 10 heteroatoms. The lowest BCUT2D eigenvalue weighted by Gasteiger charge is -2.18. The van der Waals surface area contributed by atoms with Gasteiger partial charge in [-0.3, -0.25) is 24.7 Å². The second-order valence-corrected chi connectivity index (χ2v) is 7.44. The van der Waals surface area contributed by atoms with E-state index in [-0.39, 0.29) is 10.8 Å². The molecule has 0 unspecified atom stereocenters. The number of hydrogen-bond acceptors (Lipinski definition) is 6. The number of carbonyl (C=O) groups excluding carboxylic acids is 2. The zero-order chi connectivity index (χ0) is 22.7. The van der Waals surface area contributed by atoms with Crippen LogP contribution in [0.15, 0.2) is 71.1 Å². The fourth-order valence-corrected chi connectivity index (χ4v) is 3.81. The van der Waals surface area contributed by atoms with Crippen LogP contribution in [0.2, 0.25) is 0 Å². The van der Waals surface area contributed by atoms with Gasteiger partial charge in [0.15, 0.2) is 5.13 Å². The standard InChI is InChI=1S/C22H16FN5O3S/c1-14(29)28(19-9-5-3-7-17(19)23)22-25-15(12-32-22)10-11-20(30)26-27-13-24-18-8-4-2-6-16(18)21(27)31/h2-13H,1H3,(H,26,30)/b11-10+. The molecule has 0 saturated heterocycles. The van der Waals surface area contributed by atoms with Gasteiger partial charge in [-0.25, -0.2) is 19.0 Å². The summed E-state index contributed by atoms with van der Waals surface area (Å²) in [5, 5.41) is 2.26. The molecule has 2 aromatic heterocycles. The van der Waals surface area contributed by atoms with Crippen molar-refractivity contribution in [2.45, 2.75) is 6.92 Å². The predicted octanol–water partition coefficient (Wildman–Crippen LogP) is 3.46. The molecular weight excluding hydrogens is 433 g/mol. The van der Waals surface area contributed by atoms with Crippen LogP contribution in [0.3, 0.4) is 0 Å². The minimum atomic E-state index is -0.573. The largest absolute Gasteiger partial charge is 0.280 e. The Morgan fingerprint density at radius 3 is 2.69 bits per heavy atom. The Hall–Kier alpha value is -4.18. The maximum absolute atomic E-state index is 14.2. The number of hydrogen-bond donors (Lipinski definition) is 1. The number of nitrogens with one attached hydrogen (secondary N) is 1. The third-order valence-electron chi connectivity index (χ3n) is 4.41. The Kier molecular flexibility index (Phi) is 5.86. The summed E-state index contributed by atoms with van der Waals surface area (Å²) in [6, 6.07) is 12.7. The summed E-state index contributed by atoms with van der Waals surface area (Å²) in [4.78, 5) is 46.4. The van der Waals surface area contributed by atoms with Crippen LogP contribution >= 0.6 is 11.3 Å². The van der Waals surface area contributed by atoms with E-state index in [1.165, 1.54) is 43.6 Å². The first-order valence-electron chi connectivity index (χ1n) is 9.40. The number of thiazole rings is 1. The Morgan fingerprint density at radius 2 is 1.91 bits per heavy atom. The monoisotopic (exact) mass is 449 g/mol.